The van der Waals surface area contributed by atoms with Crippen LogP contribution in [0.4, 0.5) is 5.69 Å². The van der Waals surface area contributed by atoms with Gasteiger partial charge >= 0.3 is 10.4 Å². The number of nitrogens with one attached hydrogen (secondary N) is 1. The van der Waals surface area contributed by atoms with Gasteiger partial charge < -0.3 is 10.1 Å². The number of anilines is 1. The number of benzene rings is 1. The minimum Gasteiger partial charge on any atom is -0.497 e. The van der Waals surface area contributed by atoms with Crippen molar-refractivity contribution in [3.8, 4) is 5.75 Å². The van der Waals surface area contributed by atoms with E-state index >= 15 is 0 Å². The lowest BCUT2D eigenvalue weighted by atomic mass is 10.3. The van der Waals surface area contributed by atoms with Crippen LogP contribution < -0.4 is 10.1 Å². The van der Waals surface area contributed by atoms with E-state index in [2.05, 4.69) is 9.50 Å². The third kappa shape index (κ3) is 7.85. The monoisotopic (exact) mass is 339 g/mol. The van der Waals surface area contributed by atoms with Gasteiger partial charge in [-0.15, -0.1) is 0 Å². The molecule has 0 aliphatic carbocycles. The van der Waals surface area contributed by atoms with E-state index in [1.54, 1.807) is 31.4 Å². The molecule has 21 heavy (non-hydrogen) atoms. The Morgan fingerprint density at radius 1 is 1.10 bits per heavy atom. The molecule has 0 aromatic heterocycles. The van der Waals surface area contributed by atoms with Crippen LogP contribution in [0.15, 0.2) is 24.3 Å². The molecule has 0 unspecified atom stereocenters. The van der Waals surface area contributed by atoms with Crippen molar-refractivity contribution in [1.29, 1.82) is 0 Å². The van der Waals surface area contributed by atoms with Gasteiger partial charge in [0.25, 0.3) is 0 Å². The van der Waals surface area contributed by atoms with Gasteiger partial charge in [-0.3, -0.25) is 4.55 Å². The van der Waals surface area contributed by atoms with E-state index in [4.69, 9.17) is 9.29 Å². The van der Waals surface area contributed by atoms with Crippen molar-refractivity contribution in [3.63, 3.8) is 0 Å². The lowest BCUT2D eigenvalue weighted by Crippen LogP contribution is -2.22. The first-order valence-electron chi connectivity index (χ1n) is 5.92. The predicted octanol–water partition coefficient (Wildman–Crippen LogP) is 0.341. The molecule has 1 rings (SSSR count). The third-order valence-electron chi connectivity index (χ3n) is 2.46. The maximum absolute atomic E-state index is 11.6. The van der Waals surface area contributed by atoms with E-state index < -0.39 is 32.6 Å². The summed E-state index contributed by atoms with van der Waals surface area (Å²) in [7, 11) is -6.54. The highest BCUT2D eigenvalue weighted by atomic mass is 32.3. The van der Waals surface area contributed by atoms with Crippen molar-refractivity contribution < 1.29 is 30.3 Å². The molecule has 8 nitrogen and oxygen atoms in total. The highest BCUT2D eigenvalue weighted by molar-refractivity contribution is 7.91. The summed E-state index contributed by atoms with van der Waals surface area (Å²) >= 11 is 0. The van der Waals surface area contributed by atoms with Gasteiger partial charge in [-0.1, -0.05) is 0 Å². The maximum Gasteiger partial charge on any atom is 0.397 e. The number of ether oxygens (including phenoxy) is 1. The molecule has 0 aliphatic heterocycles. The number of methoxy groups -OCH3 is 1. The Labute approximate surface area is 123 Å². The van der Waals surface area contributed by atoms with E-state index in [9.17, 15) is 16.8 Å². The van der Waals surface area contributed by atoms with E-state index in [0.717, 1.165) is 5.69 Å². The lowest BCUT2D eigenvalue weighted by molar-refractivity contribution is 0.284. The zero-order valence-corrected chi connectivity index (χ0v) is 13.0. The van der Waals surface area contributed by atoms with Crippen LogP contribution in [0.1, 0.15) is 0 Å². The van der Waals surface area contributed by atoms with Crippen LogP contribution in [-0.2, 0) is 24.4 Å². The second kappa shape index (κ2) is 7.59. The summed E-state index contributed by atoms with van der Waals surface area (Å²) in [6.07, 6.45) is 0. The second-order valence-electron chi connectivity index (χ2n) is 4.06. The molecule has 10 heteroatoms. The van der Waals surface area contributed by atoms with Crippen molar-refractivity contribution in [2.45, 2.75) is 0 Å². The van der Waals surface area contributed by atoms with Gasteiger partial charge in [-0.25, -0.2) is 12.6 Å². The molecule has 0 saturated carbocycles. The summed E-state index contributed by atoms with van der Waals surface area (Å²) in [5.41, 5.74) is 0.736. The molecule has 0 aliphatic rings. The van der Waals surface area contributed by atoms with Gasteiger partial charge in [0.15, 0.2) is 9.84 Å². The Bertz CT molecular complexity index is 638. The predicted molar refractivity (Wildman–Crippen MR) is 77.6 cm³/mol. The lowest BCUT2D eigenvalue weighted by Gasteiger charge is -2.08. The molecule has 120 valence electrons. The first kappa shape index (κ1) is 17.7. The number of hydrogen-bond acceptors (Lipinski definition) is 7. The first-order chi connectivity index (χ1) is 9.72. The summed E-state index contributed by atoms with van der Waals surface area (Å²) in [6, 6.07) is 6.95. The summed E-state index contributed by atoms with van der Waals surface area (Å²) < 4.78 is 61.0. The van der Waals surface area contributed by atoms with E-state index in [0.29, 0.717) is 5.75 Å². The minimum absolute atomic E-state index is 0.167. The van der Waals surface area contributed by atoms with E-state index in [1.165, 1.54) is 0 Å². The van der Waals surface area contributed by atoms with Crippen molar-refractivity contribution in [2.24, 2.45) is 0 Å². The van der Waals surface area contributed by atoms with Gasteiger partial charge in [0, 0.05) is 12.2 Å². The molecule has 0 amide bonds. The van der Waals surface area contributed by atoms with Crippen molar-refractivity contribution >= 4 is 25.9 Å². The molecule has 0 spiro atoms. The molecular formula is C11H17NO7S2. The fourth-order valence-corrected chi connectivity index (χ4v) is 2.78. The SMILES string of the molecule is COc1ccc(NCCS(=O)(=O)CCOS(=O)(=O)O)cc1. The Morgan fingerprint density at radius 2 is 1.71 bits per heavy atom. The number of sulfone groups is 1. The summed E-state index contributed by atoms with van der Waals surface area (Å²) in [5, 5.41) is 2.92. The summed E-state index contributed by atoms with van der Waals surface area (Å²) in [5.74, 6) is 0.0147. The van der Waals surface area contributed by atoms with E-state index in [-0.39, 0.29) is 12.3 Å². The molecule has 2 N–H and O–H groups in total. The molecule has 0 bridgehead atoms. The fraction of sp³-hybridized carbons (Fsp3) is 0.455. The molecule has 0 saturated heterocycles. The van der Waals surface area contributed by atoms with Crippen molar-refractivity contribution in [3.05, 3.63) is 24.3 Å². The molecule has 1 aromatic rings. The van der Waals surface area contributed by atoms with Gasteiger partial charge in [0.05, 0.1) is 25.2 Å². The molecule has 0 heterocycles. The highest BCUT2D eigenvalue weighted by Crippen LogP contribution is 2.14. The van der Waals surface area contributed by atoms with Gasteiger partial charge in [0.2, 0.25) is 0 Å². The second-order valence-corrected chi connectivity index (χ2v) is 7.45. The molecule has 1 aromatic carbocycles. The van der Waals surface area contributed by atoms with Crippen LogP contribution in [0.5, 0.6) is 5.75 Å². The first-order valence-corrected chi connectivity index (χ1v) is 9.11. The Hall–Kier alpha value is -1.36. The standard InChI is InChI=1S/C11H17NO7S2/c1-18-11-4-2-10(3-5-11)12-6-8-20(13,14)9-7-19-21(15,16)17/h2-5,12H,6-9H2,1H3,(H,15,16,17). The van der Waals surface area contributed by atoms with Gasteiger partial charge in [-0.05, 0) is 24.3 Å². The molecule has 0 fully saturated rings. The molecular weight excluding hydrogens is 322 g/mol. The number of rotatable bonds is 9. The van der Waals surface area contributed by atoms with E-state index in [1.807, 2.05) is 0 Å². The smallest absolute Gasteiger partial charge is 0.397 e. The maximum atomic E-state index is 11.6. The molecule has 0 atom stereocenters. The average Bonchev–Trinajstić information content (AvgIpc) is 2.37. The molecule has 0 radical (unpaired) electrons. The third-order valence-corrected chi connectivity index (χ3v) is 4.54. The normalized spacial score (nSPS) is 12.1. The summed E-state index contributed by atoms with van der Waals surface area (Å²) in [4.78, 5) is 0. The van der Waals surface area contributed by atoms with Crippen LogP contribution in [0.2, 0.25) is 0 Å². The number of hydrogen-bond donors (Lipinski definition) is 2. The zero-order chi connectivity index (χ0) is 15.9. The van der Waals surface area contributed by atoms with Crippen molar-refractivity contribution in [2.75, 3.05) is 37.1 Å². The highest BCUT2D eigenvalue weighted by Gasteiger charge is 2.13. The largest absolute Gasteiger partial charge is 0.497 e. The van der Waals surface area contributed by atoms with Gasteiger partial charge in [-0.2, -0.15) is 8.42 Å². The Kier molecular flexibility index (Phi) is 6.40. The van der Waals surface area contributed by atoms with Crippen LogP contribution in [-0.4, -0.2) is 53.2 Å². The van der Waals surface area contributed by atoms with Crippen LogP contribution >= 0.6 is 0 Å². The fourth-order valence-electron chi connectivity index (χ4n) is 1.43. The Balaban J connectivity index is 2.36. The van der Waals surface area contributed by atoms with Crippen LogP contribution in [0.3, 0.4) is 0 Å². The van der Waals surface area contributed by atoms with Gasteiger partial charge in [0.1, 0.15) is 5.75 Å². The zero-order valence-electron chi connectivity index (χ0n) is 11.4. The Morgan fingerprint density at radius 3 is 2.24 bits per heavy atom. The average molecular weight is 339 g/mol. The van der Waals surface area contributed by atoms with Crippen molar-refractivity contribution in [1.82, 2.24) is 0 Å². The topological polar surface area (TPSA) is 119 Å². The van der Waals surface area contributed by atoms with Crippen LogP contribution in [0, 0.1) is 0 Å². The minimum atomic E-state index is -4.61. The quantitative estimate of drug-likeness (QED) is 0.618. The van der Waals surface area contributed by atoms with Crippen LogP contribution in [0.25, 0.3) is 0 Å². The summed E-state index contributed by atoms with van der Waals surface area (Å²) in [6.45, 7) is -0.440.